The van der Waals surface area contributed by atoms with Gasteiger partial charge in [-0.3, -0.25) is 38.3 Å². The number of benzene rings is 3. The quantitative estimate of drug-likeness (QED) is 0.114. The van der Waals surface area contributed by atoms with Crippen LogP contribution in [0.25, 0.3) is 34.5 Å². The molecule has 0 atom stereocenters. The summed E-state index contributed by atoms with van der Waals surface area (Å²) in [6, 6.07) is 20.7. The Bertz CT molecular complexity index is 3430. The summed E-state index contributed by atoms with van der Waals surface area (Å²) in [5.74, 6) is -5.73. The molecule has 350 valence electrons. The molecule has 69 heavy (non-hydrogen) atoms. The van der Waals surface area contributed by atoms with Crippen molar-refractivity contribution >= 4 is 58.2 Å². The van der Waals surface area contributed by atoms with Crippen molar-refractivity contribution < 1.29 is 57.1 Å². The number of aliphatic carboxylic acids is 1. The molecule has 0 aliphatic carbocycles. The van der Waals surface area contributed by atoms with Gasteiger partial charge in [-0.25, -0.2) is 18.4 Å². The molecule has 7 aromatic rings. The average molecular weight is 941 g/mol. The molecule has 4 aromatic heterocycles. The van der Waals surface area contributed by atoms with Gasteiger partial charge in [-0.2, -0.15) is 0 Å². The molecule has 0 bridgehead atoms. The number of aromatic hydroxyl groups is 1. The van der Waals surface area contributed by atoms with E-state index in [2.05, 4.69) is 20.6 Å². The molecule has 3 aromatic carbocycles. The van der Waals surface area contributed by atoms with E-state index >= 15 is 0 Å². The molecular formula is C49H38F2N6O12. The third-order valence-electron chi connectivity index (χ3n) is 10.8. The van der Waals surface area contributed by atoms with Gasteiger partial charge in [-0.15, -0.1) is 0 Å². The fourth-order valence-corrected chi connectivity index (χ4v) is 7.50. The molecule has 0 saturated carbocycles. The van der Waals surface area contributed by atoms with E-state index in [1.54, 1.807) is 31.2 Å². The summed E-state index contributed by atoms with van der Waals surface area (Å²) < 4.78 is 51.4. The van der Waals surface area contributed by atoms with E-state index in [1.165, 1.54) is 50.8 Å². The zero-order chi connectivity index (χ0) is 49.1. The number of nitrogens with one attached hydrogen (secondary N) is 2. The highest BCUT2D eigenvalue weighted by atomic mass is 19.1. The molecule has 4 N–H and O–H groups in total. The zero-order valence-corrected chi connectivity index (χ0v) is 36.7. The average Bonchev–Trinajstić information content (AvgIpc) is 3.35. The SMILES string of the molecule is CCOC(=O)c1c(OCc2ccccc2)c2ncc(Cc3ccc(F)cc3)c3c2n(c1=O)C=C(C(=O)O)O3.CNC(=O)C1=Cn2c(=O)c(C(=O)NC)c(O)c3ncc(Cc4ccc(F)cc4)c(c32)O1. The number of ether oxygens (including phenoxy) is 4. The molecule has 20 heteroatoms. The number of carboxylic acid groups (broad SMARTS) is 1. The molecule has 9 rings (SSSR count). The minimum absolute atomic E-state index is 0.00302. The molecule has 18 nitrogen and oxygen atoms in total. The Morgan fingerprint density at radius 2 is 1.19 bits per heavy atom. The predicted octanol–water partition coefficient (Wildman–Crippen LogP) is 5.29. The number of esters is 1. The molecule has 0 radical (unpaired) electrons. The minimum atomic E-state index is -1.41. The lowest BCUT2D eigenvalue weighted by Crippen LogP contribution is -2.33. The van der Waals surface area contributed by atoms with E-state index in [4.69, 9.17) is 18.9 Å². The summed E-state index contributed by atoms with van der Waals surface area (Å²) >= 11 is 0. The van der Waals surface area contributed by atoms with Gasteiger partial charge in [0.1, 0.15) is 45.9 Å². The maximum Gasteiger partial charge on any atom is 0.373 e. The van der Waals surface area contributed by atoms with Gasteiger partial charge >= 0.3 is 11.9 Å². The number of aromatic nitrogens is 4. The number of rotatable bonds is 12. The first-order chi connectivity index (χ1) is 33.2. The molecule has 6 heterocycles. The number of halogens is 2. The fraction of sp³-hybridized carbons (Fsp3) is 0.143. The van der Waals surface area contributed by atoms with E-state index in [9.17, 15) is 47.8 Å². The normalized spacial score (nSPS) is 12.1. The van der Waals surface area contributed by atoms with Crippen LogP contribution in [-0.2, 0) is 33.8 Å². The van der Waals surface area contributed by atoms with Gasteiger partial charge in [0.05, 0.1) is 19.0 Å². The van der Waals surface area contributed by atoms with Crippen LogP contribution in [0.15, 0.2) is 112 Å². The predicted molar refractivity (Wildman–Crippen MR) is 244 cm³/mol. The van der Waals surface area contributed by atoms with Crippen LogP contribution in [0.4, 0.5) is 8.78 Å². The Hall–Kier alpha value is -9.20. The third-order valence-corrected chi connectivity index (χ3v) is 10.8. The second-order valence-electron chi connectivity index (χ2n) is 15.2. The second-order valence-corrected chi connectivity index (χ2v) is 15.2. The number of amides is 2. The summed E-state index contributed by atoms with van der Waals surface area (Å²) in [6.07, 6.45) is 5.46. The lowest BCUT2D eigenvalue weighted by Gasteiger charge is -2.23. The topological polar surface area (TPSA) is 239 Å². The number of carbonyl (C=O) groups is 4. The molecule has 0 unspecified atom stereocenters. The molecule has 2 aliphatic heterocycles. The van der Waals surface area contributed by atoms with Gasteiger partial charge < -0.3 is 39.8 Å². The van der Waals surface area contributed by atoms with Gasteiger partial charge in [-0.1, -0.05) is 54.6 Å². The Balaban J connectivity index is 0.000000190. The van der Waals surface area contributed by atoms with Gasteiger partial charge in [0, 0.05) is 50.5 Å². The highest BCUT2D eigenvalue weighted by molar-refractivity contribution is 6.05. The lowest BCUT2D eigenvalue weighted by molar-refractivity contribution is -0.135. The largest absolute Gasteiger partial charge is 0.505 e. The van der Waals surface area contributed by atoms with Crippen LogP contribution < -0.4 is 36.0 Å². The van der Waals surface area contributed by atoms with Crippen LogP contribution in [-0.4, -0.2) is 73.8 Å². The van der Waals surface area contributed by atoms with Gasteiger partial charge in [0.25, 0.3) is 22.9 Å². The number of hydrogen-bond acceptors (Lipinski definition) is 13. The number of pyridine rings is 4. The van der Waals surface area contributed by atoms with Crippen LogP contribution in [0.3, 0.4) is 0 Å². The smallest absolute Gasteiger partial charge is 0.373 e. The Morgan fingerprint density at radius 1 is 0.681 bits per heavy atom. The van der Waals surface area contributed by atoms with Crippen LogP contribution in [0.5, 0.6) is 23.0 Å². The van der Waals surface area contributed by atoms with Crippen molar-refractivity contribution in [2.24, 2.45) is 0 Å². The number of carboxylic acids is 1. The Kier molecular flexibility index (Phi) is 13.0. The van der Waals surface area contributed by atoms with Crippen molar-refractivity contribution in [1.29, 1.82) is 0 Å². The first-order valence-corrected chi connectivity index (χ1v) is 20.9. The summed E-state index contributed by atoms with van der Waals surface area (Å²) in [4.78, 5) is 84.6. The van der Waals surface area contributed by atoms with Crippen molar-refractivity contribution in [3.63, 3.8) is 0 Å². The number of nitrogens with zero attached hydrogens (tertiary/aromatic N) is 4. The number of likely N-dealkylation sites (N-methyl/N-ethyl adjacent to an activating group) is 1. The van der Waals surface area contributed by atoms with Crippen molar-refractivity contribution in [3.05, 3.63) is 174 Å². The van der Waals surface area contributed by atoms with E-state index in [0.717, 1.165) is 32.7 Å². The third kappa shape index (κ3) is 9.05. The van der Waals surface area contributed by atoms with Crippen molar-refractivity contribution in [3.8, 4) is 23.0 Å². The zero-order valence-electron chi connectivity index (χ0n) is 36.7. The van der Waals surface area contributed by atoms with E-state index < -0.39 is 63.3 Å². The second kappa shape index (κ2) is 19.3. The maximum atomic E-state index is 13.6. The highest BCUT2D eigenvalue weighted by Crippen LogP contribution is 2.40. The molecule has 0 fully saturated rings. The Morgan fingerprint density at radius 3 is 1.72 bits per heavy atom. The first kappa shape index (κ1) is 46.3. The summed E-state index contributed by atoms with van der Waals surface area (Å²) in [6.45, 7) is 1.62. The van der Waals surface area contributed by atoms with E-state index in [0.29, 0.717) is 16.7 Å². The minimum Gasteiger partial charge on any atom is -0.505 e. The summed E-state index contributed by atoms with van der Waals surface area (Å²) in [7, 11) is 2.72. The van der Waals surface area contributed by atoms with E-state index in [1.807, 2.05) is 30.3 Å². The number of hydrogen-bond donors (Lipinski definition) is 4. The van der Waals surface area contributed by atoms with Crippen molar-refractivity contribution in [2.45, 2.75) is 26.4 Å². The molecule has 2 amide bonds. The maximum absolute atomic E-state index is 13.6. The highest BCUT2D eigenvalue weighted by Gasteiger charge is 2.33. The standard InChI is InChI=1S/C28H21FN2O7.C21H17FN4O5/c1-2-36-28(35)21-25(37-15-17-6-4-3-5-7-17)22-23-24(38-20(27(33)34)14-31(23)26(21)32)18(13-30-22)12-16-8-10-19(29)11-9-16;1-23-19(28)13-9-26-16-15(17(27)14(21(26)30)20(29)24-2)25-8-11(18(16)31-13)7-10-3-5-12(22)6-4-10/h3-11,13-14H,2,12,15H2,1H3,(H,33,34);3-6,8-9,27H,7H2,1-2H3,(H,23,28)(H,24,29). The van der Waals surface area contributed by atoms with Crippen molar-refractivity contribution in [1.82, 2.24) is 29.7 Å². The Labute approximate surface area is 388 Å². The fourth-order valence-electron chi connectivity index (χ4n) is 7.50. The van der Waals surface area contributed by atoms with Crippen LogP contribution in [0, 0.1) is 11.6 Å². The van der Waals surface area contributed by atoms with Crippen molar-refractivity contribution in [2.75, 3.05) is 20.7 Å². The summed E-state index contributed by atoms with van der Waals surface area (Å²) in [5.41, 5.74) is 0.884. The van der Waals surface area contributed by atoms with Gasteiger partial charge in [-0.05, 0) is 47.9 Å². The monoisotopic (exact) mass is 940 g/mol. The van der Waals surface area contributed by atoms with Crippen LogP contribution in [0.2, 0.25) is 0 Å². The van der Waals surface area contributed by atoms with Crippen LogP contribution in [0.1, 0.15) is 55.5 Å². The van der Waals surface area contributed by atoms with E-state index in [-0.39, 0.29) is 76.9 Å². The molecule has 2 aliphatic rings. The first-order valence-electron chi connectivity index (χ1n) is 20.9. The molecule has 0 saturated heterocycles. The molecular weight excluding hydrogens is 903 g/mol. The van der Waals surface area contributed by atoms with Gasteiger partial charge in [0.15, 0.2) is 28.6 Å². The van der Waals surface area contributed by atoms with Gasteiger partial charge in [0.2, 0.25) is 11.5 Å². The van der Waals surface area contributed by atoms with Crippen LogP contribution >= 0.6 is 0 Å². The lowest BCUT2D eigenvalue weighted by atomic mass is 10.0. The molecule has 0 spiro atoms. The number of carbonyl (C=O) groups excluding carboxylic acids is 3. The summed E-state index contributed by atoms with van der Waals surface area (Å²) in [5, 5.41) is 25.0.